The third kappa shape index (κ3) is 4.70. The first-order valence-corrected chi connectivity index (χ1v) is 15.2. The van der Waals surface area contributed by atoms with Gasteiger partial charge in [-0.15, -0.1) is 0 Å². The van der Waals surface area contributed by atoms with E-state index in [1.54, 1.807) is 0 Å². The van der Waals surface area contributed by atoms with Crippen LogP contribution < -0.4 is 9.64 Å². The molecule has 2 nitrogen and oxygen atoms in total. The molecule has 0 aliphatic heterocycles. The van der Waals surface area contributed by atoms with E-state index in [1.165, 1.54) is 33.4 Å². The number of unbranched alkanes of at least 4 members (excludes halogenated alkanes) is 1. The van der Waals surface area contributed by atoms with Gasteiger partial charge in [-0.2, -0.15) is 0 Å². The lowest BCUT2D eigenvalue weighted by Gasteiger charge is -2.35. The lowest BCUT2D eigenvalue weighted by molar-refractivity contribution is 0.309. The zero-order valence-electron chi connectivity index (χ0n) is 24.5. The van der Waals surface area contributed by atoms with Crippen LogP contribution in [-0.2, 0) is 5.41 Å². The van der Waals surface area contributed by atoms with Gasteiger partial charge < -0.3 is 9.64 Å². The van der Waals surface area contributed by atoms with Gasteiger partial charge in [0.25, 0.3) is 0 Å². The molecule has 0 saturated carbocycles. The van der Waals surface area contributed by atoms with Crippen LogP contribution in [0.25, 0.3) is 11.1 Å². The summed E-state index contributed by atoms with van der Waals surface area (Å²) in [7, 11) is 0. The van der Waals surface area contributed by atoms with Crippen LogP contribution in [0.3, 0.4) is 0 Å². The maximum Gasteiger partial charge on any atom is 0.119 e. The fourth-order valence-corrected chi connectivity index (χ4v) is 6.62. The van der Waals surface area contributed by atoms with Crippen LogP contribution in [0.1, 0.15) is 42.0 Å². The van der Waals surface area contributed by atoms with Gasteiger partial charge in [-0.1, -0.05) is 123 Å². The normalized spacial score (nSPS) is 12.8. The van der Waals surface area contributed by atoms with Crippen LogP contribution in [0.15, 0.2) is 158 Å². The van der Waals surface area contributed by atoms with E-state index in [4.69, 9.17) is 4.74 Å². The van der Waals surface area contributed by atoms with Gasteiger partial charge >= 0.3 is 0 Å². The summed E-state index contributed by atoms with van der Waals surface area (Å²) in [6, 6.07) is 57.0. The minimum Gasteiger partial charge on any atom is -0.494 e. The van der Waals surface area contributed by atoms with Gasteiger partial charge in [0.15, 0.2) is 0 Å². The minimum absolute atomic E-state index is 0.441. The van der Waals surface area contributed by atoms with E-state index < -0.39 is 5.41 Å². The Hall–Kier alpha value is -5.08. The predicted octanol–water partition coefficient (Wildman–Crippen LogP) is 10.7. The third-order valence-corrected chi connectivity index (χ3v) is 8.58. The maximum atomic E-state index is 6.00. The molecule has 2 heteroatoms. The molecular formula is C41H35NO. The van der Waals surface area contributed by atoms with Gasteiger partial charge in [0.05, 0.1) is 12.0 Å². The summed E-state index contributed by atoms with van der Waals surface area (Å²) in [5.74, 6) is 0.904. The van der Waals surface area contributed by atoms with Crippen LogP contribution in [-0.4, -0.2) is 6.61 Å². The Bertz CT molecular complexity index is 1770. The zero-order valence-corrected chi connectivity index (χ0v) is 24.5. The number of hydrogen-bond acceptors (Lipinski definition) is 2. The summed E-state index contributed by atoms with van der Waals surface area (Å²) in [6.07, 6.45) is 2.18. The van der Waals surface area contributed by atoms with Crippen LogP contribution in [0.4, 0.5) is 17.1 Å². The Morgan fingerprint density at radius 1 is 0.512 bits per heavy atom. The summed E-state index contributed by atoms with van der Waals surface area (Å²) in [5, 5.41) is 0. The molecule has 0 atom stereocenters. The molecule has 0 bridgehead atoms. The van der Waals surface area contributed by atoms with Crippen molar-refractivity contribution < 1.29 is 4.74 Å². The molecule has 7 rings (SSSR count). The number of nitrogens with zero attached hydrogens (tertiary/aromatic N) is 1. The molecule has 43 heavy (non-hydrogen) atoms. The lowest BCUT2D eigenvalue weighted by atomic mass is 9.67. The lowest BCUT2D eigenvalue weighted by Crippen LogP contribution is -2.28. The number of ether oxygens (including phenoxy) is 1. The Kier molecular flexibility index (Phi) is 7.27. The molecule has 0 N–H and O–H groups in total. The number of rotatable bonds is 9. The van der Waals surface area contributed by atoms with Crippen LogP contribution >= 0.6 is 0 Å². The molecule has 0 amide bonds. The van der Waals surface area contributed by atoms with E-state index in [1.807, 2.05) is 0 Å². The van der Waals surface area contributed by atoms with Gasteiger partial charge in [-0.3, -0.25) is 0 Å². The van der Waals surface area contributed by atoms with Crippen LogP contribution in [0.2, 0.25) is 0 Å². The van der Waals surface area contributed by atoms with Gasteiger partial charge in [0.2, 0.25) is 0 Å². The topological polar surface area (TPSA) is 12.5 Å². The van der Waals surface area contributed by atoms with E-state index in [0.717, 1.165) is 42.3 Å². The van der Waals surface area contributed by atoms with Crippen molar-refractivity contribution in [2.45, 2.75) is 25.2 Å². The molecule has 0 radical (unpaired) electrons. The molecule has 1 aliphatic carbocycles. The first-order valence-electron chi connectivity index (χ1n) is 15.2. The Morgan fingerprint density at radius 2 is 1.05 bits per heavy atom. The second-order valence-corrected chi connectivity index (χ2v) is 11.1. The summed E-state index contributed by atoms with van der Waals surface area (Å²) in [5.41, 5.74) is 10.6. The first kappa shape index (κ1) is 26.8. The van der Waals surface area contributed by atoms with Crippen LogP contribution in [0.5, 0.6) is 5.75 Å². The van der Waals surface area contributed by atoms with Crippen molar-refractivity contribution in [1.82, 2.24) is 0 Å². The van der Waals surface area contributed by atoms with Gasteiger partial charge in [0, 0.05) is 17.1 Å². The second kappa shape index (κ2) is 11.7. The molecule has 1 aliphatic rings. The van der Waals surface area contributed by atoms with Crippen molar-refractivity contribution in [2.75, 3.05) is 11.5 Å². The Morgan fingerprint density at radius 3 is 1.70 bits per heavy atom. The summed E-state index contributed by atoms with van der Waals surface area (Å²) in [6.45, 7) is 2.92. The van der Waals surface area contributed by atoms with Crippen LogP contribution in [0, 0.1) is 0 Å². The number of para-hydroxylation sites is 1. The largest absolute Gasteiger partial charge is 0.494 e. The minimum atomic E-state index is -0.441. The van der Waals surface area contributed by atoms with Crippen molar-refractivity contribution in [1.29, 1.82) is 0 Å². The molecule has 0 fully saturated rings. The second-order valence-electron chi connectivity index (χ2n) is 11.1. The SMILES string of the molecule is CCCCOc1ccc(N(c2ccccc2)c2ccc3c(c2)C(c2ccccc2)(c2ccccc2)c2ccccc2-3)cc1. The fourth-order valence-electron chi connectivity index (χ4n) is 6.62. The van der Waals surface area contributed by atoms with Gasteiger partial charge in [-0.05, 0) is 88.3 Å². The monoisotopic (exact) mass is 557 g/mol. The van der Waals surface area contributed by atoms with Crippen molar-refractivity contribution in [2.24, 2.45) is 0 Å². The van der Waals surface area contributed by atoms with Crippen molar-refractivity contribution >= 4 is 17.1 Å². The third-order valence-electron chi connectivity index (χ3n) is 8.58. The van der Waals surface area contributed by atoms with Crippen molar-refractivity contribution in [3.8, 4) is 16.9 Å². The summed E-state index contributed by atoms with van der Waals surface area (Å²) >= 11 is 0. The van der Waals surface area contributed by atoms with Crippen molar-refractivity contribution in [3.05, 3.63) is 180 Å². The average molecular weight is 558 g/mol. The highest BCUT2D eigenvalue weighted by atomic mass is 16.5. The smallest absolute Gasteiger partial charge is 0.119 e. The molecule has 210 valence electrons. The fraction of sp³-hybridized carbons (Fsp3) is 0.122. The van der Waals surface area contributed by atoms with Gasteiger partial charge in [-0.25, -0.2) is 0 Å². The zero-order chi connectivity index (χ0) is 29.1. The number of hydrogen-bond donors (Lipinski definition) is 0. The Labute approximate surface area is 254 Å². The molecule has 0 heterocycles. The summed E-state index contributed by atoms with van der Waals surface area (Å²) < 4.78 is 6.00. The molecule has 0 spiro atoms. The van der Waals surface area contributed by atoms with E-state index >= 15 is 0 Å². The predicted molar refractivity (Wildman–Crippen MR) is 179 cm³/mol. The quantitative estimate of drug-likeness (QED) is 0.164. The highest BCUT2D eigenvalue weighted by Crippen LogP contribution is 2.57. The summed E-state index contributed by atoms with van der Waals surface area (Å²) in [4.78, 5) is 2.35. The average Bonchev–Trinajstić information content (AvgIpc) is 3.37. The molecule has 0 saturated heterocycles. The van der Waals surface area contributed by atoms with Gasteiger partial charge in [0.1, 0.15) is 5.75 Å². The highest BCUT2D eigenvalue weighted by Gasteiger charge is 2.46. The Balaban J connectivity index is 1.44. The maximum absolute atomic E-state index is 6.00. The van der Waals surface area contributed by atoms with E-state index in [-0.39, 0.29) is 0 Å². The molecule has 6 aromatic carbocycles. The van der Waals surface area contributed by atoms with E-state index in [9.17, 15) is 0 Å². The molecular weight excluding hydrogens is 522 g/mol. The van der Waals surface area contributed by atoms with E-state index in [0.29, 0.717) is 0 Å². The van der Waals surface area contributed by atoms with E-state index in [2.05, 4.69) is 170 Å². The number of anilines is 3. The number of benzene rings is 6. The first-order chi connectivity index (χ1) is 21.3. The standard InChI is InChI=1S/C41H35NO/c1-2-3-29-43-36-26-23-34(24-27-36)42(33-19-11-6-12-20-33)35-25-28-38-37-21-13-14-22-39(37)41(40(38)30-35,31-15-7-4-8-16-31)32-17-9-5-10-18-32/h4-28,30H,2-3,29H2,1H3. The molecule has 0 unspecified atom stereocenters. The number of fused-ring (bicyclic) bond motifs is 3. The molecule has 0 aromatic heterocycles. The highest BCUT2D eigenvalue weighted by molar-refractivity contribution is 5.89. The van der Waals surface area contributed by atoms with Crippen molar-refractivity contribution in [3.63, 3.8) is 0 Å². The molecule has 6 aromatic rings.